The topological polar surface area (TPSA) is 35.5 Å². The molecule has 240 valence electrons. The van der Waals surface area contributed by atoms with Gasteiger partial charge in [0, 0.05) is 12.8 Å². The van der Waals surface area contributed by atoms with Crippen LogP contribution in [-0.2, 0) is 9.53 Å². The Hall–Kier alpha value is -1.77. The average Bonchev–Trinajstić information content (AvgIpc) is 3.33. The molecule has 3 fully saturated rings. The summed E-state index contributed by atoms with van der Waals surface area (Å²) in [4.78, 5) is 12.7. The molecule has 0 amide bonds. The molecular formula is C40H62O3. The SMILES string of the molecule is Cc1ccc(OCCCCCC(=O)O[C@H]2CC[C@@]3(C)C(=CC[C@H]4[C@@H]5CC[C@H]([C@H](C)CCCC(C)C)[C@@]5(C)CC[C@@H]43)C2)cc1. The smallest absolute Gasteiger partial charge is 0.306 e. The van der Waals surface area contributed by atoms with E-state index in [1.165, 1.54) is 63.4 Å². The summed E-state index contributed by atoms with van der Waals surface area (Å²) in [6.45, 7) is 15.4. The third-order valence-corrected chi connectivity index (χ3v) is 12.9. The quantitative estimate of drug-likeness (QED) is 0.130. The molecular weight excluding hydrogens is 528 g/mol. The van der Waals surface area contributed by atoms with Gasteiger partial charge >= 0.3 is 5.97 Å². The zero-order chi connectivity index (χ0) is 30.6. The standard InChI is InChI=1S/C40H62O3/c1-28(2)11-10-12-30(4)35-20-21-36-34-19-16-31-27-33(22-24-39(31,5)37(34)23-25-40(35,36)6)43-38(41)13-8-7-9-26-42-32-17-14-29(3)15-18-32/h14-18,28,30,33-37H,7-13,19-27H2,1-6H3/t30-,33+,34+,35-,36+,37+,39+,40-/m1/s1. The van der Waals surface area contributed by atoms with Gasteiger partial charge in [0.1, 0.15) is 11.9 Å². The predicted molar refractivity (Wildman–Crippen MR) is 178 cm³/mol. The summed E-state index contributed by atoms with van der Waals surface area (Å²) in [6.07, 6.45) is 20.5. The lowest BCUT2D eigenvalue weighted by Crippen LogP contribution is -2.51. The van der Waals surface area contributed by atoms with Crippen LogP contribution in [0.4, 0.5) is 0 Å². The summed E-state index contributed by atoms with van der Waals surface area (Å²) < 4.78 is 11.9. The highest BCUT2D eigenvalue weighted by molar-refractivity contribution is 5.69. The first-order valence-corrected chi connectivity index (χ1v) is 18.2. The van der Waals surface area contributed by atoms with Crippen LogP contribution in [0.1, 0.15) is 136 Å². The zero-order valence-corrected chi connectivity index (χ0v) is 28.5. The van der Waals surface area contributed by atoms with E-state index >= 15 is 0 Å². The van der Waals surface area contributed by atoms with E-state index < -0.39 is 0 Å². The normalized spacial score (nSPS) is 34.1. The van der Waals surface area contributed by atoms with Crippen LogP contribution in [0, 0.1) is 53.3 Å². The Bertz CT molecular complexity index is 1090. The van der Waals surface area contributed by atoms with Gasteiger partial charge in [-0.1, -0.05) is 83.2 Å². The first kappa shape index (κ1) is 32.6. The number of aryl methyl sites for hydroxylation is 1. The number of hydrogen-bond acceptors (Lipinski definition) is 3. The largest absolute Gasteiger partial charge is 0.494 e. The molecule has 1 aromatic carbocycles. The molecule has 0 radical (unpaired) electrons. The second kappa shape index (κ2) is 14.1. The Kier molecular flexibility index (Phi) is 10.7. The van der Waals surface area contributed by atoms with Crippen LogP contribution in [0.15, 0.2) is 35.9 Å². The van der Waals surface area contributed by atoms with Crippen molar-refractivity contribution in [3.63, 3.8) is 0 Å². The van der Waals surface area contributed by atoms with Crippen LogP contribution in [0.25, 0.3) is 0 Å². The van der Waals surface area contributed by atoms with Crippen LogP contribution in [-0.4, -0.2) is 18.7 Å². The van der Waals surface area contributed by atoms with E-state index in [0.29, 0.717) is 23.9 Å². The van der Waals surface area contributed by atoms with E-state index in [0.717, 1.165) is 73.4 Å². The number of carbonyl (C=O) groups is 1. The van der Waals surface area contributed by atoms with Gasteiger partial charge in [0.15, 0.2) is 0 Å². The lowest BCUT2D eigenvalue weighted by molar-refractivity contribution is -0.151. The van der Waals surface area contributed by atoms with Crippen LogP contribution < -0.4 is 4.74 Å². The van der Waals surface area contributed by atoms with Crippen molar-refractivity contribution in [1.29, 1.82) is 0 Å². The van der Waals surface area contributed by atoms with Gasteiger partial charge in [0.05, 0.1) is 6.61 Å². The van der Waals surface area contributed by atoms with Crippen LogP contribution in [0.5, 0.6) is 5.75 Å². The third kappa shape index (κ3) is 7.38. The molecule has 5 rings (SSSR count). The van der Waals surface area contributed by atoms with Crippen molar-refractivity contribution < 1.29 is 14.3 Å². The number of hydrogen-bond donors (Lipinski definition) is 0. The maximum absolute atomic E-state index is 12.7. The van der Waals surface area contributed by atoms with E-state index in [1.807, 2.05) is 12.1 Å². The molecule has 0 saturated heterocycles. The fraction of sp³-hybridized carbons (Fsp3) is 0.775. The molecule has 4 aliphatic carbocycles. The van der Waals surface area contributed by atoms with Gasteiger partial charge in [0.2, 0.25) is 0 Å². The molecule has 0 spiro atoms. The second-order valence-electron chi connectivity index (χ2n) is 16.1. The summed E-state index contributed by atoms with van der Waals surface area (Å²) in [5.41, 5.74) is 3.71. The first-order chi connectivity index (χ1) is 20.6. The Morgan fingerprint density at radius 1 is 0.907 bits per heavy atom. The van der Waals surface area contributed by atoms with E-state index in [4.69, 9.17) is 9.47 Å². The van der Waals surface area contributed by atoms with E-state index in [2.05, 4.69) is 59.8 Å². The van der Waals surface area contributed by atoms with Crippen molar-refractivity contribution >= 4 is 5.97 Å². The number of carbonyl (C=O) groups excluding carboxylic acids is 1. The van der Waals surface area contributed by atoms with Crippen molar-refractivity contribution in [1.82, 2.24) is 0 Å². The van der Waals surface area contributed by atoms with Crippen molar-refractivity contribution in [3.05, 3.63) is 41.5 Å². The number of unbranched alkanes of at least 4 members (excludes halogenated alkanes) is 2. The molecule has 4 aliphatic rings. The number of ether oxygens (including phenoxy) is 2. The summed E-state index contributed by atoms with van der Waals surface area (Å²) >= 11 is 0. The minimum absolute atomic E-state index is 0.00436. The molecule has 0 unspecified atom stereocenters. The van der Waals surface area contributed by atoms with Crippen LogP contribution >= 0.6 is 0 Å². The third-order valence-electron chi connectivity index (χ3n) is 12.9. The van der Waals surface area contributed by atoms with Crippen molar-refractivity contribution in [2.24, 2.45) is 46.3 Å². The average molecular weight is 591 g/mol. The summed E-state index contributed by atoms with van der Waals surface area (Å²) in [6, 6.07) is 8.20. The van der Waals surface area contributed by atoms with E-state index in [9.17, 15) is 4.79 Å². The Morgan fingerprint density at radius 2 is 1.70 bits per heavy atom. The van der Waals surface area contributed by atoms with Gasteiger partial charge in [-0.15, -0.1) is 0 Å². The molecule has 0 N–H and O–H groups in total. The highest BCUT2D eigenvalue weighted by Crippen LogP contribution is 2.67. The highest BCUT2D eigenvalue weighted by Gasteiger charge is 2.59. The van der Waals surface area contributed by atoms with Gasteiger partial charge in [-0.3, -0.25) is 4.79 Å². The minimum atomic E-state index is -0.00436. The van der Waals surface area contributed by atoms with Crippen LogP contribution in [0.2, 0.25) is 0 Å². The van der Waals surface area contributed by atoms with Gasteiger partial charge in [0.25, 0.3) is 0 Å². The van der Waals surface area contributed by atoms with Crippen molar-refractivity contribution in [2.75, 3.05) is 6.61 Å². The lowest BCUT2D eigenvalue weighted by Gasteiger charge is -2.58. The molecule has 0 aromatic heterocycles. The van der Waals surface area contributed by atoms with E-state index in [-0.39, 0.29) is 12.1 Å². The number of fused-ring (bicyclic) bond motifs is 5. The molecule has 8 atom stereocenters. The molecule has 43 heavy (non-hydrogen) atoms. The molecule has 3 saturated carbocycles. The van der Waals surface area contributed by atoms with Crippen molar-refractivity contribution in [2.45, 2.75) is 144 Å². The van der Waals surface area contributed by atoms with Gasteiger partial charge in [-0.05, 0) is 130 Å². The fourth-order valence-corrected chi connectivity index (χ4v) is 10.4. The number of benzene rings is 1. The van der Waals surface area contributed by atoms with Gasteiger partial charge in [-0.25, -0.2) is 0 Å². The number of rotatable bonds is 13. The predicted octanol–water partition coefficient (Wildman–Crippen LogP) is 10.9. The lowest BCUT2D eigenvalue weighted by atomic mass is 9.47. The molecule has 0 heterocycles. The molecule has 3 nitrogen and oxygen atoms in total. The summed E-state index contributed by atoms with van der Waals surface area (Å²) in [7, 11) is 0. The van der Waals surface area contributed by atoms with E-state index in [1.54, 1.807) is 5.57 Å². The Balaban J connectivity index is 1.07. The Labute approximate surface area is 264 Å². The summed E-state index contributed by atoms with van der Waals surface area (Å²) in [5, 5.41) is 0. The molecule has 0 bridgehead atoms. The maximum atomic E-state index is 12.7. The minimum Gasteiger partial charge on any atom is -0.494 e. The fourth-order valence-electron chi connectivity index (χ4n) is 10.4. The monoisotopic (exact) mass is 590 g/mol. The Morgan fingerprint density at radius 3 is 2.47 bits per heavy atom. The van der Waals surface area contributed by atoms with Gasteiger partial charge in [-0.2, -0.15) is 0 Å². The summed E-state index contributed by atoms with van der Waals surface area (Å²) in [5.74, 6) is 6.11. The molecule has 3 heteroatoms. The van der Waals surface area contributed by atoms with Crippen molar-refractivity contribution in [3.8, 4) is 5.75 Å². The second-order valence-corrected chi connectivity index (χ2v) is 16.1. The number of allylic oxidation sites excluding steroid dienone is 1. The maximum Gasteiger partial charge on any atom is 0.306 e. The van der Waals surface area contributed by atoms with Gasteiger partial charge < -0.3 is 9.47 Å². The first-order valence-electron chi connectivity index (χ1n) is 18.2. The number of esters is 1. The molecule has 1 aromatic rings. The zero-order valence-electron chi connectivity index (χ0n) is 28.5. The molecule has 0 aliphatic heterocycles. The van der Waals surface area contributed by atoms with Crippen LogP contribution in [0.3, 0.4) is 0 Å². The highest BCUT2D eigenvalue weighted by atomic mass is 16.5.